The van der Waals surface area contributed by atoms with E-state index < -0.39 is 59.1 Å². The molecule has 3 atom stereocenters. The van der Waals surface area contributed by atoms with Gasteiger partial charge < -0.3 is 0 Å². The van der Waals surface area contributed by atoms with Crippen LogP contribution in [-0.2, 0) is 24.0 Å². The molecule has 0 aromatic heterocycles. The third kappa shape index (κ3) is 13.2. The summed E-state index contributed by atoms with van der Waals surface area (Å²) >= 11 is -0.0243. The van der Waals surface area contributed by atoms with Crippen LogP contribution >= 0.6 is 20.4 Å². The number of amides is 2. The molecule has 0 rings (SSSR count). The van der Waals surface area contributed by atoms with E-state index in [0.29, 0.717) is 0 Å². The summed E-state index contributed by atoms with van der Waals surface area (Å²) in [5.41, 5.74) is 11.0. The molecule has 2 amide bonds. The van der Waals surface area contributed by atoms with Gasteiger partial charge in [0, 0.05) is 0 Å². The number of nitrogens with one attached hydrogen (secondary N) is 2. The molecule has 12 nitrogen and oxygen atoms in total. The molecule has 9 N–H and O–H groups in total. The summed E-state index contributed by atoms with van der Waals surface area (Å²) in [4.78, 5) is 56.7. The van der Waals surface area contributed by atoms with Gasteiger partial charge in [-0.05, 0) is 0 Å². The maximum atomic E-state index is 12.2. The molecule has 0 aliphatic carbocycles. The molecule has 31 heavy (non-hydrogen) atoms. The molecule has 0 radical (unpaired) electrons. The predicted octanol–water partition coefficient (Wildman–Crippen LogP) is -2.33. The summed E-state index contributed by atoms with van der Waals surface area (Å²) < 4.78 is -0.663. The number of carboxylic acid groups (broad SMARTS) is 3. The van der Waals surface area contributed by atoms with Gasteiger partial charge in [0.15, 0.2) is 0 Å². The van der Waals surface area contributed by atoms with E-state index >= 15 is 0 Å². The summed E-state index contributed by atoms with van der Waals surface area (Å²) in [5.74, 6) is -4.64. The Morgan fingerprint density at radius 2 is 1.65 bits per heavy atom. The zero-order valence-corrected chi connectivity index (χ0v) is 21.8. The van der Waals surface area contributed by atoms with Crippen molar-refractivity contribution in [2.45, 2.75) is 49.6 Å². The Morgan fingerprint density at radius 1 is 1.03 bits per heavy atom. The molecule has 0 fully saturated rings. The van der Waals surface area contributed by atoms with Crippen molar-refractivity contribution in [2.75, 3.05) is 12.3 Å². The molecule has 0 aromatic rings. The minimum atomic E-state index is -1.24. The van der Waals surface area contributed by atoms with Crippen LogP contribution in [-0.4, -0.2) is 104 Å². The number of carbonyl (C=O) groups is 5. The molecule has 178 valence electrons. The van der Waals surface area contributed by atoms with Crippen LogP contribution in [0.1, 0.15) is 26.7 Å². The molecule has 0 bridgehead atoms. The average Bonchev–Trinajstić information content (AvgIpc) is 2.67. The summed E-state index contributed by atoms with van der Waals surface area (Å²) in [5, 5.41) is 31.2. The number of aliphatic carboxylic acids is 3. The quantitative estimate of drug-likeness (QED) is 0.0721. The molecule has 0 aliphatic heterocycles. The SMILES string of the molecule is CC(C)(S[Se][Se]SCC(NC(=O)CCC(N)C(=O)O)C(=O)NCC(=O)O)C(N)C(=O)O. The van der Waals surface area contributed by atoms with E-state index in [9.17, 15) is 24.0 Å². The van der Waals surface area contributed by atoms with Gasteiger partial charge in [-0.2, -0.15) is 0 Å². The molecule has 0 heterocycles. The van der Waals surface area contributed by atoms with Crippen LogP contribution in [0.4, 0.5) is 0 Å². The van der Waals surface area contributed by atoms with Crippen LogP contribution in [0.25, 0.3) is 0 Å². The van der Waals surface area contributed by atoms with Crippen LogP contribution < -0.4 is 22.1 Å². The number of hydrogen-bond donors (Lipinski definition) is 7. The summed E-state index contributed by atoms with van der Waals surface area (Å²) in [7, 11) is 2.84. The van der Waals surface area contributed by atoms with Gasteiger partial charge in [-0.3, -0.25) is 0 Å². The Kier molecular flexibility index (Phi) is 14.5. The molecule has 0 saturated heterocycles. The van der Waals surface area contributed by atoms with Gasteiger partial charge in [0.2, 0.25) is 0 Å². The van der Waals surface area contributed by atoms with Gasteiger partial charge in [0.05, 0.1) is 0 Å². The second-order valence-electron chi connectivity index (χ2n) is 6.64. The van der Waals surface area contributed by atoms with Crippen molar-refractivity contribution in [3.8, 4) is 0 Å². The number of rotatable bonds is 16. The third-order valence-corrected chi connectivity index (χ3v) is 21.6. The van der Waals surface area contributed by atoms with Crippen molar-refractivity contribution in [3.05, 3.63) is 0 Å². The average molecular weight is 612 g/mol. The molecule has 3 unspecified atom stereocenters. The van der Waals surface area contributed by atoms with E-state index in [2.05, 4.69) is 10.6 Å². The molecule has 0 aromatic carbocycles. The van der Waals surface area contributed by atoms with E-state index in [1.165, 1.54) is 20.4 Å². The van der Waals surface area contributed by atoms with Gasteiger partial charge in [-0.1, -0.05) is 0 Å². The number of hydrogen-bond acceptors (Lipinski definition) is 9. The first-order valence-corrected chi connectivity index (χ1v) is 18.9. The number of nitrogens with two attached hydrogens (primary N) is 2. The van der Waals surface area contributed by atoms with Crippen molar-refractivity contribution >= 4 is 74.1 Å². The maximum absolute atomic E-state index is 12.2. The van der Waals surface area contributed by atoms with Gasteiger partial charge in [-0.15, -0.1) is 0 Å². The first-order chi connectivity index (χ1) is 14.3. The van der Waals surface area contributed by atoms with Crippen LogP contribution in [0.5, 0.6) is 0 Å². The van der Waals surface area contributed by atoms with E-state index in [4.69, 9.17) is 26.8 Å². The Bertz CT molecular complexity index is 671. The molecule has 0 saturated carbocycles. The Labute approximate surface area is 196 Å². The van der Waals surface area contributed by atoms with E-state index in [-0.39, 0.29) is 42.6 Å². The fourth-order valence-corrected chi connectivity index (χ4v) is 21.1. The van der Waals surface area contributed by atoms with Crippen LogP contribution in [0.15, 0.2) is 0 Å². The van der Waals surface area contributed by atoms with E-state index in [1.807, 2.05) is 0 Å². The third-order valence-electron chi connectivity index (χ3n) is 3.64. The monoisotopic (exact) mass is 614 g/mol. The number of carboxylic acids is 3. The molecule has 0 aliphatic rings. The van der Waals surface area contributed by atoms with Gasteiger partial charge in [0.1, 0.15) is 0 Å². The zero-order valence-electron chi connectivity index (χ0n) is 16.7. The fourth-order valence-electron chi connectivity index (χ4n) is 1.71. The standard InChI is InChI=1S/C15H26N4O8S2Se2/c1-15(2,11(17)14(26)27)29-31-30-28-6-8(12(23)18-5-10(21)22)19-9(20)4-3-7(16)13(24)25/h7-8,11H,3-6,16-17H2,1-2H3,(H,18,23)(H,19,20)(H,21,22)(H,24,25)(H,26,27). The van der Waals surface area contributed by atoms with Crippen LogP contribution in [0.3, 0.4) is 0 Å². The van der Waals surface area contributed by atoms with Crippen molar-refractivity contribution in [1.82, 2.24) is 10.6 Å². The second-order valence-corrected chi connectivity index (χ2v) is 21.8. The normalized spacial score (nSPS) is 14.2. The summed E-state index contributed by atoms with van der Waals surface area (Å²) in [6, 6.07) is -3.23. The Balaban J connectivity index is 4.69. The topological polar surface area (TPSA) is 222 Å². The molecule has 0 spiro atoms. The van der Waals surface area contributed by atoms with Crippen molar-refractivity contribution in [1.29, 1.82) is 0 Å². The molecular formula is C15H26N4O8S2Se2. The zero-order chi connectivity index (χ0) is 24.2. The fraction of sp³-hybridized carbons (Fsp3) is 0.667. The summed E-state index contributed by atoms with van der Waals surface area (Å²) in [6.07, 6.45) is -0.312. The van der Waals surface area contributed by atoms with Crippen molar-refractivity contribution in [3.63, 3.8) is 0 Å². The van der Waals surface area contributed by atoms with Crippen molar-refractivity contribution in [2.24, 2.45) is 11.5 Å². The van der Waals surface area contributed by atoms with Gasteiger partial charge >= 0.3 is 197 Å². The Hall–Kier alpha value is -0.991. The van der Waals surface area contributed by atoms with E-state index in [1.54, 1.807) is 13.8 Å². The molecular weight excluding hydrogens is 586 g/mol. The minimum absolute atomic E-state index is 0.00536. The van der Waals surface area contributed by atoms with Gasteiger partial charge in [-0.25, -0.2) is 0 Å². The van der Waals surface area contributed by atoms with Gasteiger partial charge in [0.25, 0.3) is 0 Å². The molecule has 16 heteroatoms. The van der Waals surface area contributed by atoms with Crippen LogP contribution in [0.2, 0.25) is 0 Å². The first kappa shape index (κ1) is 30.0. The predicted molar refractivity (Wildman–Crippen MR) is 119 cm³/mol. The van der Waals surface area contributed by atoms with Crippen molar-refractivity contribution < 1.29 is 39.3 Å². The van der Waals surface area contributed by atoms with E-state index in [0.717, 1.165) is 0 Å². The first-order valence-electron chi connectivity index (χ1n) is 8.67. The number of carbonyl (C=O) groups excluding carboxylic acids is 2. The second kappa shape index (κ2) is 15.0. The summed E-state index contributed by atoms with van der Waals surface area (Å²) in [6.45, 7) is 2.87. The van der Waals surface area contributed by atoms with Crippen LogP contribution in [0, 0.1) is 0 Å². The Morgan fingerprint density at radius 3 is 2.16 bits per heavy atom.